The van der Waals surface area contributed by atoms with Crippen LogP contribution in [-0.4, -0.2) is 21.5 Å². The second-order valence-electron chi connectivity index (χ2n) is 3.83. The van der Waals surface area contributed by atoms with Crippen LogP contribution < -0.4 is 0 Å². The third kappa shape index (κ3) is 1.48. The third-order valence-electron chi connectivity index (χ3n) is 3.02. The van der Waals surface area contributed by atoms with Gasteiger partial charge in [0.25, 0.3) is 0 Å². The first-order valence-corrected chi connectivity index (χ1v) is 4.89. The van der Waals surface area contributed by atoms with E-state index in [1.165, 1.54) is 19.3 Å². The number of aromatic nitrogens is 2. The van der Waals surface area contributed by atoms with Crippen molar-refractivity contribution in [3.63, 3.8) is 0 Å². The standard InChI is InChI=1S/C10H15N2O/c13-9-10(5-2-1-3-6-10)12-8-4-7-11-12/h7-8,13H,1-3,5-6,9H2. The summed E-state index contributed by atoms with van der Waals surface area (Å²) in [5.41, 5.74) is -0.127. The number of hydrogen-bond acceptors (Lipinski definition) is 2. The van der Waals surface area contributed by atoms with E-state index in [-0.39, 0.29) is 12.1 Å². The predicted molar refractivity (Wildman–Crippen MR) is 49.2 cm³/mol. The predicted octanol–water partition coefficient (Wildman–Crippen LogP) is 1.33. The molecule has 71 valence electrons. The van der Waals surface area contributed by atoms with E-state index in [0.29, 0.717) is 0 Å². The molecule has 13 heavy (non-hydrogen) atoms. The van der Waals surface area contributed by atoms with Gasteiger partial charge in [0.05, 0.1) is 18.3 Å². The molecule has 0 amide bonds. The molecule has 0 aliphatic heterocycles. The fourth-order valence-electron chi connectivity index (χ4n) is 2.16. The minimum Gasteiger partial charge on any atom is -0.394 e. The summed E-state index contributed by atoms with van der Waals surface area (Å²) >= 11 is 0. The summed E-state index contributed by atoms with van der Waals surface area (Å²) in [6, 6.07) is 2.93. The van der Waals surface area contributed by atoms with Gasteiger partial charge >= 0.3 is 0 Å². The molecule has 0 saturated heterocycles. The fourth-order valence-corrected chi connectivity index (χ4v) is 2.16. The first kappa shape index (κ1) is 8.75. The molecule has 1 aliphatic rings. The average Bonchev–Trinajstić information content (AvgIpc) is 2.72. The highest BCUT2D eigenvalue weighted by atomic mass is 16.3. The van der Waals surface area contributed by atoms with E-state index >= 15 is 0 Å². The summed E-state index contributed by atoms with van der Waals surface area (Å²) in [7, 11) is 0. The van der Waals surface area contributed by atoms with E-state index in [9.17, 15) is 5.11 Å². The first-order valence-electron chi connectivity index (χ1n) is 4.89. The van der Waals surface area contributed by atoms with E-state index < -0.39 is 0 Å². The zero-order chi connectivity index (χ0) is 9.15. The summed E-state index contributed by atoms with van der Waals surface area (Å²) in [5, 5.41) is 13.6. The Morgan fingerprint density at radius 1 is 1.38 bits per heavy atom. The first-order chi connectivity index (χ1) is 6.37. The molecular weight excluding hydrogens is 164 g/mol. The zero-order valence-corrected chi connectivity index (χ0v) is 7.74. The molecular formula is C10H15N2O. The Morgan fingerprint density at radius 2 is 2.15 bits per heavy atom. The molecule has 1 aliphatic carbocycles. The van der Waals surface area contributed by atoms with Crippen molar-refractivity contribution < 1.29 is 5.11 Å². The Morgan fingerprint density at radius 3 is 2.69 bits per heavy atom. The van der Waals surface area contributed by atoms with Gasteiger partial charge in [-0.2, -0.15) is 5.10 Å². The molecule has 3 nitrogen and oxygen atoms in total. The summed E-state index contributed by atoms with van der Waals surface area (Å²) < 4.78 is 1.88. The van der Waals surface area contributed by atoms with Crippen LogP contribution in [0.2, 0.25) is 0 Å². The van der Waals surface area contributed by atoms with Gasteiger partial charge in [-0.1, -0.05) is 19.3 Å². The molecule has 0 bridgehead atoms. The van der Waals surface area contributed by atoms with Gasteiger partial charge in [-0.3, -0.25) is 4.68 Å². The minimum absolute atomic E-state index is 0.127. The number of rotatable bonds is 2. The normalized spacial score (nSPS) is 21.6. The lowest BCUT2D eigenvalue weighted by molar-refractivity contribution is 0.0790. The Labute approximate surface area is 78.4 Å². The summed E-state index contributed by atoms with van der Waals surface area (Å²) in [6.45, 7) is 0.197. The Kier molecular flexibility index (Phi) is 2.36. The second-order valence-corrected chi connectivity index (χ2v) is 3.83. The topological polar surface area (TPSA) is 38.0 Å². The van der Waals surface area contributed by atoms with Gasteiger partial charge in [0.2, 0.25) is 0 Å². The van der Waals surface area contributed by atoms with Gasteiger partial charge in [-0.05, 0) is 12.8 Å². The molecule has 1 aromatic heterocycles. The SMILES string of the molecule is OCC1(n2c[c]cn2)CCCCC1. The number of aliphatic hydroxyl groups is 1. The number of nitrogens with zero attached hydrogens (tertiary/aromatic N) is 2. The van der Waals surface area contributed by atoms with Crippen molar-refractivity contribution in [1.82, 2.24) is 9.78 Å². The molecule has 2 rings (SSSR count). The van der Waals surface area contributed by atoms with Crippen LogP contribution in [0.25, 0.3) is 0 Å². The van der Waals surface area contributed by atoms with Crippen molar-refractivity contribution >= 4 is 0 Å². The van der Waals surface area contributed by atoms with Gasteiger partial charge in [-0.15, -0.1) is 0 Å². The lowest BCUT2D eigenvalue weighted by Gasteiger charge is -2.35. The maximum absolute atomic E-state index is 9.44. The van der Waals surface area contributed by atoms with Gasteiger partial charge in [0.15, 0.2) is 0 Å². The molecule has 0 unspecified atom stereocenters. The van der Waals surface area contributed by atoms with Crippen molar-refractivity contribution in [3.05, 3.63) is 18.5 Å². The Balaban J connectivity index is 2.23. The summed E-state index contributed by atoms with van der Waals surface area (Å²) in [4.78, 5) is 0. The van der Waals surface area contributed by atoms with Gasteiger partial charge in [0.1, 0.15) is 0 Å². The highest BCUT2D eigenvalue weighted by Gasteiger charge is 2.33. The fraction of sp³-hybridized carbons (Fsp3) is 0.700. The van der Waals surface area contributed by atoms with E-state index in [2.05, 4.69) is 11.2 Å². The highest BCUT2D eigenvalue weighted by Crippen LogP contribution is 2.33. The largest absolute Gasteiger partial charge is 0.394 e. The number of aliphatic hydroxyl groups excluding tert-OH is 1. The van der Waals surface area contributed by atoms with Gasteiger partial charge in [0, 0.05) is 12.3 Å². The van der Waals surface area contributed by atoms with Crippen molar-refractivity contribution in [3.8, 4) is 0 Å². The second kappa shape index (κ2) is 3.50. The van der Waals surface area contributed by atoms with E-state index in [0.717, 1.165) is 12.8 Å². The molecule has 3 heteroatoms. The van der Waals surface area contributed by atoms with Gasteiger partial charge < -0.3 is 5.11 Å². The summed E-state index contributed by atoms with van der Waals surface area (Å²) in [5.74, 6) is 0. The van der Waals surface area contributed by atoms with Crippen LogP contribution >= 0.6 is 0 Å². The molecule has 1 saturated carbocycles. The van der Waals surface area contributed by atoms with E-state index in [1.807, 2.05) is 10.9 Å². The third-order valence-corrected chi connectivity index (χ3v) is 3.02. The lowest BCUT2D eigenvalue weighted by atomic mass is 9.82. The molecule has 1 heterocycles. The monoisotopic (exact) mass is 179 g/mol. The van der Waals surface area contributed by atoms with E-state index in [1.54, 1.807) is 6.20 Å². The molecule has 0 atom stereocenters. The molecule has 0 aromatic carbocycles. The molecule has 1 N–H and O–H groups in total. The molecule has 1 fully saturated rings. The van der Waals surface area contributed by atoms with Crippen LogP contribution in [0.1, 0.15) is 32.1 Å². The minimum atomic E-state index is -0.127. The van der Waals surface area contributed by atoms with Crippen molar-refractivity contribution in [2.45, 2.75) is 37.6 Å². The zero-order valence-electron chi connectivity index (χ0n) is 7.74. The Bertz CT molecular complexity index is 250. The van der Waals surface area contributed by atoms with Gasteiger partial charge in [-0.25, -0.2) is 0 Å². The average molecular weight is 179 g/mol. The molecule has 1 aromatic rings. The number of hydrogen-bond donors (Lipinski definition) is 1. The van der Waals surface area contributed by atoms with Crippen LogP contribution in [0, 0.1) is 6.07 Å². The smallest absolute Gasteiger partial charge is 0.0857 e. The van der Waals surface area contributed by atoms with Crippen molar-refractivity contribution in [2.75, 3.05) is 6.61 Å². The molecule has 0 spiro atoms. The van der Waals surface area contributed by atoms with Crippen LogP contribution in [-0.2, 0) is 5.54 Å². The van der Waals surface area contributed by atoms with E-state index in [4.69, 9.17) is 0 Å². The maximum Gasteiger partial charge on any atom is 0.0857 e. The van der Waals surface area contributed by atoms with Crippen LogP contribution in [0.15, 0.2) is 12.4 Å². The van der Waals surface area contributed by atoms with Crippen molar-refractivity contribution in [1.29, 1.82) is 0 Å². The Hall–Kier alpha value is -0.830. The van der Waals surface area contributed by atoms with Crippen LogP contribution in [0.3, 0.4) is 0 Å². The van der Waals surface area contributed by atoms with Crippen LogP contribution in [0.4, 0.5) is 0 Å². The highest BCUT2D eigenvalue weighted by molar-refractivity contribution is 4.91. The molecule has 1 radical (unpaired) electrons. The van der Waals surface area contributed by atoms with Crippen LogP contribution in [0.5, 0.6) is 0 Å². The summed E-state index contributed by atoms with van der Waals surface area (Å²) in [6.07, 6.45) is 9.25. The quantitative estimate of drug-likeness (QED) is 0.744. The maximum atomic E-state index is 9.44. The lowest BCUT2D eigenvalue weighted by Crippen LogP contribution is -2.39. The van der Waals surface area contributed by atoms with Crippen molar-refractivity contribution in [2.24, 2.45) is 0 Å².